The van der Waals surface area contributed by atoms with Crippen LogP contribution in [0, 0.1) is 0 Å². The fourth-order valence-electron chi connectivity index (χ4n) is 2.41. The van der Waals surface area contributed by atoms with Crippen LogP contribution in [0.4, 0.5) is 5.82 Å². The van der Waals surface area contributed by atoms with E-state index >= 15 is 0 Å². The van der Waals surface area contributed by atoms with E-state index in [-0.39, 0.29) is 0 Å². The van der Waals surface area contributed by atoms with Gasteiger partial charge in [0.15, 0.2) is 17.0 Å². The van der Waals surface area contributed by atoms with Gasteiger partial charge in [0.1, 0.15) is 5.82 Å². The average molecular weight is 284 g/mol. The molecule has 0 unspecified atom stereocenters. The molecule has 4 rings (SSSR count). The van der Waals surface area contributed by atoms with E-state index in [0.29, 0.717) is 23.8 Å². The SMILES string of the molecule is Cn1cc(CCn2nnc3c(N)nc(C4CC4)nc32)cn1. The zero-order valence-corrected chi connectivity index (χ0v) is 11.8. The molecule has 1 fully saturated rings. The predicted octanol–water partition coefficient (Wildman–Crippen LogP) is 0.657. The smallest absolute Gasteiger partial charge is 0.184 e. The molecule has 0 spiro atoms. The van der Waals surface area contributed by atoms with Crippen molar-refractivity contribution in [1.82, 2.24) is 34.7 Å². The predicted molar refractivity (Wildman–Crippen MR) is 76.4 cm³/mol. The van der Waals surface area contributed by atoms with Gasteiger partial charge in [0.05, 0.1) is 6.20 Å². The lowest BCUT2D eigenvalue weighted by Gasteiger charge is -2.03. The number of aryl methyl sites for hydroxylation is 3. The van der Waals surface area contributed by atoms with E-state index in [0.717, 1.165) is 36.3 Å². The summed E-state index contributed by atoms with van der Waals surface area (Å²) in [7, 11) is 1.91. The molecule has 0 amide bonds. The van der Waals surface area contributed by atoms with Gasteiger partial charge in [-0.15, -0.1) is 5.10 Å². The van der Waals surface area contributed by atoms with Crippen molar-refractivity contribution in [2.45, 2.75) is 31.7 Å². The maximum absolute atomic E-state index is 5.97. The summed E-state index contributed by atoms with van der Waals surface area (Å²) in [6.45, 7) is 0.697. The monoisotopic (exact) mass is 284 g/mol. The van der Waals surface area contributed by atoms with Crippen LogP contribution in [0.1, 0.15) is 30.1 Å². The topological polar surface area (TPSA) is 100 Å². The molecule has 1 saturated carbocycles. The van der Waals surface area contributed by atoms with Crippen LogP contribution in [0.25, 0.3) is 11.2 Å². The molecule has 8 heteroatoms. The van der Waals surface area contributed by atoms with Crippen LogP contribution in [0.2, 0.25) is 0 Å². The summed E-state index contributed by atoms with van der Waals surface area (Å²) in [5.74, 6) is 1.71. The minimum absolute atomic E-state index is 0.425. The number of nitrogens with zero attached hydrogens (tertiary/aromatic N) is 7. The van der Waals surface area contributed by atoms with Crippen molar-refractivity contribution in [2.24, 2.45) is 7.05 Å². The van der Waals surface area contributed by atoms with Crippen LogP contribution in [0.15, 0.2) is 12.4 Å². The number of nitrogens with two attached hydrogens (primary N) is 1. The second-order valence-corrected chi connectivity index (χ2v) is 5.50. The summed E-state index contributed by atoms with van der Waals surface area (Å²) < 4.78 is 3.59. The molecular formula is C13H16N8. The summed E-state index contributed by atoms with van der Waals surface area (Å²) in [6.07, 6.45) is 6.97. The van der Waals surface area contributed by atoms with Gasteiger partial charge in [-0.05, 0) is 24.8 Å². The van der Waals surface area contributed by atoms with Gasteiger partial charge in [0.2, 0.25) is 0 Å². The molecule has 0 aliphatic heterocycles. The quantitative estimate of drug-likeness (QED) is 0.755. The number of hydrogen-bond donors (Lipinski definition) is 1. The lowest BCUT2D eigenvalue weighted by molar-refractivity contribution is 0.601. The molecule has 3 aromatic heterocycles. The van der Waals surface area contributed by atoms with Gasteiger partial charge in [0.25, 0.3) is 0 Å². The van der Waals surface area contributed by atoms with Crippen LogP contribution < -0.4 is 5.73 Å². The van der Waals surface area contributed by atoms with Crippen LogP contribution in [0.5, 0.6) is 0 Å². The van der Waals surface area contributed by atoms with Crippen molar-refractivity contribution in [3.05, 3.63) is 23.8 Å². The van der Waals surface area contributed by atoms with Crippen LogP contribution in [0.3, 0.4) is 0 Å². The van der Waals surface area contributed by atoms with Crippen molar-refractivity contribution < 1.29 is 0 Å². The van der Waals surface area contributed by atoms with E-state index in [1.54, 1.807) is 9.36 Å². The Balaban J connectivity index is 1.65. The van der Waals surface area contributed by atoms with Gasteiger partial charge < -0.3 is 5.73 Å². The fourth-order valence-corrected chi connectivity index (χ4v) is 2.41. The van der Waals surface area contributed by atoms with E-state index in [9.17, 15) is 0 Å². The Bertz CT molecular complexity index is 798. The number of rotatable bonds is 4. The molecule has 0 saturated heterocycles. The normalized spacial score (nSPS) is 14.9. The molecule has 0 radical (unpaired) electrons. The Hall–Kier alpha value is -2.51. The Labute approximate surface area is 121 Å². The zero-order chi connectivity index (χ0) is 14.4. The minimum Gasteiger partial charge on any atom is -0.382 e. The largest absolute Gasteiger partial charge is 0.382 e. The third-order valence-corrected chi connectivity index (χ3v) is 3.72. The molecule has 1 aliphatic rings. The lowest BCUT2D eigenvalue weighted by Crippen LogP contribution is -2.06. The minimum atomic E-state index is 0.425. The van der Waals surface area contributed by atoms with E-state index in [1.807, 2.05) is 19.4 Å². The van der Waals surface area contributed by atoms with Crippen molar-refractivity contribution in [3.8, 4) is 0 Å². The molecule has 2 N–H and O–H groups in total. The van der Waals surface area contributed by atoms with Gasteiger partial charge in [0, 0.05) is 25.7 Å². The Morgan fingerprint density at radius 1 is 1.33 bits per heavy atom. The second-order valence-electron chi connectivity index (χ2n) is 5.50. The first-order valence-electron chi connectivity index (χ1n) is 7.05. The summed E-state index contributed by atoms with van der Waals surface area (Å²) in [5, 5.41) is 12.4. The van der Waals surface area contributed by atoms with E-state index in [4.69, 9.17) is 5.73 Å². The standard InChI is InChI=1S/C13H16N8/c1-20-7-8(6-15-20)4-5-21-13-10(18-19-21)11(14)16-12(17-13)9-2-3-9/h6-7,9H,2-5H2,1H3,(H2,14,16,17). The van der Waals surface area contributed by atoms with Gasteiger partial charge in [-0.3, -0.25) is 4.68 Å². The van der Waals surface area contributed by atoms with Crippen molar-refractivity contribution in [2.75, 3.05) is 5.73 Å². The summed E-state index contributed by atoms with van der Waals surface area (Å²) >= 11 is 0. The zero-order valence-electron chi connectivity index (χ0n) is 11.8. The summed E-state index contributed by atoms with van der Waals surface area (Å²) in [4.78, 5) is 8.94. The maximum atomic E-state index is 5.97. The lowest BCUT2D eigenvalue weighted by atomic mass is 10.2. The third kappa shape index (κ3) is 2.22. The van der Waals surface area contributed by atoms with Crippen LogP contribution >= 0.6 is 0 Å². The first-order valence-corrected chi connectivity index (χ1v) is 7.05. The molecule has 1 aliphatic carbocycles. The number of nitrogen functional groups attached to an aromatic ring is 1. The number of aromatic nitrogens is 7. The molecule has 3 aromatic rings. The van der Waals surface area contributed by atoms with E-state index in [1.165, 1.54) is 0 Å². The number of hydrogen-bond acceptors (Lipinski definition) is 6. The molecule has 3 heterocycles. The first kappa shape index (κ1) is 12.2. The van der Waals surface area contributed by atoms with Gasteiger partial charge in [-0.2, -0.15) is 5.10 Å². The van der Waals surface area contributed by atoms with E-state index < -0.39 is 0 Å². The fraction of sp³-hybridized carbons (Fsp3) is 0.462. The van der Waals surface area contributed by atoms with Crippen molar-refractivity contribution in [1.29, 1.82) is 0 Å². The maximum Gasteiger partial charge on any atom is 0.184 e. The molecule has 8 nitrogen and oxygen atoms in total. The Morgan fingerprint density at radius 2 is 2.19 bits per heavy atom. The average Bonchev–Trinajstić information content (AvgIpc) is 3.11. The first-order chi connectivity index (χ1) is 10.2. The highest BCUT2D eigenvalue weighted by molar-refractivity contribution is 5.80. The van der Waals surface area contributed by atoms with Gasteiger partial charge in [-0.25, -0.2) is 14.6 Å². The number of anilines is 1. The Kier molecular flexibility index (Phi) is 2.63. The highest BCUT2D eigenvalue weighted by Gasteiger charge is 2.28. The van der Waals surface area contributed by atoms with Crippen molar-refractivity contribution >= 4 is 17.0 Å². The molecule has 0 atom stereocenters. The van der Waals surface area contributed by atoms with Crippen LogP contribution in [-0.4, -0.2) is 34.7 Å². The van der Waals surface area contributed by atoms with Crippen molar-refractivity contribution in [3.63, 3.8) is 0 Å². The Morgan fingerprint density at radius 3 is 2.90 bits per heavy atom. The van der Waals surface area contributed by atoms with E-state index in [2.05, 4.69) is 25.4 Å². The summed E-state index contributed by atoms with van der Waals surface area (Å²) in [5.41, 5.74) is 8.44. The molecule has 0 aromatic carbocycles. The third-order valence-electron chi connectivity index (χ3n) is 3.72. The highest BCUT2D eigenvalue weighted by Crippen LogP contribution is 2.38. The highest BCUT2D eigenvalue weighted by atomic mass is 15.4. The van der Waals surface area contributed by atoms with Gasteiger partial charge >= 0.3 is 0 Å². The number of fused-ring (bicyclic) bond motifs is 1. The van der Waals surface area contributed by atoms with Gasteiger partial charge in [-0.1, -0.05) is 5.21 Å². The van der Waals surface area contributed by atoms with Crippen LogP contribution in [-0.2, 0) is 20.0 Å². The molecule has 21 heavy (non-hydrogen) atoms. The molecule has 108 valence electrons. The molecular weight excluding hydrogens is 268 g/mol. The molecule has 0 bridgehead atoms. The second kappa shape index (κ2) is 4.51. The summed E-state index contributed by atoms with van der Waals surface area (Å²) in [6, 6.07) is 0.